The SMILES string of the molecule is COc1cc(C(=O)NCCn2c(N)c(S(=O)(=O)c3ccc(C)cc3)c3nc4ccccc4nc32)cc(OC)c1OC. The lowest BCUT2D eigenvalue weighted by atomic mass is 10.1. The summed E-state index contributed by atoms with van der Waals surface area (Å²) in [6, 6.07) is 16.8. The average Bonchev–Trinajstić information content (AvgIpc) is 3.25. The predicted octanol–water partition coefficient (Wildman–Crippen LogP) is 3.76. The molecule has 2 aromatic heterocycles. The van der Waals surface area contributed by atoms with Crippen molar-refractivity contribution in [3.63, 3.8) is 0 Å². The number of para-hydroxylation sites is 2. The van der Waals surface area contributed by atoms with Crippen LogP contribution >= 0.6 is 0 Å². The van der Waals surface area contributed by atoms with Crippen LogP contribution in [0.15, 0.2) is 70.5 Å². The number of nitrogens with two attached hydrogens (primary N) is 1. The molecular formula is C29H29N5O6S. The molecule has 5 aromatic rings. The maximum atomic E-state index is 13.8. The number of hydrogen-bond donors (Lipinski definition) is 2. The molecule has 0 aliphatic carbocycles. The number of hydrogen-bond acceptors (Lipinski definition) is 9. The van der Waals surface area contributed by atoms with Crippen molar-refractivity contribution in [2.75, 3.05) is 33.6 Å². The number of fused-ring (bicyclic) bond motifs is 2. The molecule has 5 rings (SSSR count). The van der Waals surface area contributed by atoms with Crippen molar-refractivity contribution in [3.8, 4) is 17.2 Å². The number of aromatic nitrogens is 3. The molecule has 0 aliphatic rings. The third-order valence-corrected chi connectivity index (χ3v) is 8.53. The molecule has 3 N–H and O–H groups in total. The number of nitrogen functional groups attached to an aromatic ring is 1. The van der Waals surface area contributed by atoms with Crippen LogP contribution < -0.4 is 25.3 Å². The van der Waals surface area contributed by atoms with Gasteiger partial charge in [-0.25, -0.2) is 18.4 Å². The van der Waals surface area contributed by atoms with Gasteiger partial charge >= 0.3 is 0 Å². The molecule has 212 valence electrons. The standard InChI is InChI=1S/C29H29N5O6S/c1-17-9-11-19(12-10-17)41(36,37)26-24-28(33-21-8-6-5-7-20(21)32-24)34(27(26)30)14-13-31-29(35)18-15-22(38-2)25(40-4)23(16-18)39-3/h5-12,15-16H,13-14,30H2,1-4H3,(H,31,35). The summed E-state index contributed by atoms with van der Waals surface area (Å²) >= 11 is 0. The molecule has 12 heteroatoms. The molecular weight excluding hydrogens is 546 g/mol. The largest absolute Gasteiger partial charge is 0.493 e. The number of rotatable bonds is 9. The van der Waals surface area contributed by atoms with Gasteiger partial charge in [-0.3, -0.25) is 4.79 Å². The highest BCUT2D eigenvalue weighted by Gasteiger charge is 2.30. The van der Waals surface area contributed by atoms with Gasteiger partial charge < -0.3 is 29.8 Å². The smallest absolute Gasteiger partial charge is 0.251 e. The molecule has 0 atom stereocenters. The highest BCUT2D eigenvalue weighted by molar-refractivity contribution is 7.92. The van der Waals surface area contributed by atoms with Gasteiger partial charge in [0.25, 0.3) is 5.91 Å². The molecule has 0 bridgehead atoms. The van der Waals surface area contributed by atoms with Crippen LogP contribution in [0.3, 0.4) is 0 Å². The van der Waals surface area contributed by atoms with Gasteiger partial charge in [-0.15, -0.1) is 0 Å². The van der Waals surface area contributed by atoms with Crippen LogP contribution in [0.25, 0.3) is 22.2 Å². The Hall–Kier alpha value is -4.84. The van der Waals surface area contributed by atoms with Gasteiger partial charge in [0.2, 0.25) is 15.6 Å². The van der Waals surface area contributed by atoms with E-state index in [1.165, 1.54) is 21.3 Å². The number of carbonyl (C=O) groups is 1. The molecule has 0 radical (unpaired) electrons. The van der Waals surface area contributed by atoms with Gasteiger partial charge in [0, 0.05) is 18.7 Å². The zero-order chi connectivity index (χ0) is 29.3. The van der Waals surface area contributed by atoms with E-state index in [0.29, 0.717) is 39.5 Å². The first-order chi connectivity index (χ1) is 19.7. The van der Waals surface area contributed by atoms with Crippen molar-refractivity contribution in [1.82, 2.24) is 19.9 Å². The van der Waals surface area contributed by atoms with Crippen LogP contribution in [0.1, 0.15) is 15.9 Å². The van der Waals surface area contributed by atoms with Crippen LogP contribution in [-0.2, 0) is 16.4 Å². The van der Waals surface area contributed by atoms with Crippen molar-refractivity contribution >= 4 is 43.8 Å². The molecule has 0 aliphatic heterocycles. The van der Waals surface area contributed by atoms with E-state index in [1.54, 1.807) is 59.2 Å². The number of anilines is 1. The van der Waals surface area contributed by atoms with Gasteiger partial charge in [-0.2, -0.15) is 0 Å². The second-order valence-electron chi connectivity index (χ2n) is 9.24. The van der Waals surface area contributed by atoms with E-state index in [2.05, 4.69) is 10.3 Å². The Morgan fingerprint density at radius 2 is 1.54 bits per heavy atom. The summed E-state index contributed by atoms with van der Waals surface area (Å²) in [5.41, 5.74) is 9.31. The van der Waals surface area contributed by atoms with Gasteiger partial charge in [-0.1, -0.05) is 29.8 Å². The first kappa shape index (κ1) is 27.7. The number of nitrogens with one attached hydrogen (secondary N) is 1. The highest BCUT2D eigenvalue weighted by atomic mass is 32.2. The summed E-state index contributed by atoms with van der Waals surface area (Å²) in [5, 5.41) is 2.84. The number of carbonyl (C=O) groups excluding carboxylic acids is 1. The predicted molar refractivity (Wildman–Crippen MR) is 155 cm³/mol. The zero-order valence-electron chi connectivity index (χ0n) is 23.0. The number of aryl methyl sites for hydroxylation is 1. The summed E-state index contributed by atoms with van der Waals surface area (Å²) in [4.78, 5) is 22.4. The molecule has 41 heavy (non-hydrogen) atoms. The first-order valence-electron chi connectivity index (χ1n) is 12.6. The van der Waals surface area contributed by atoms with Gasteiger partial charge in [0.05, 0.1) is 37.3 Å². The van der Waals surface area contributed by atoms with Crippen LogP contribution in [0.5, 0.6) is 17.2 Å². The fourth-order valence-corrected chi connectivity index (χ4v) is 6.12. The summed E-state index contributed by atoms with van der Waals surface area (Å²) in [7, 11) is 0.363. The Labute approximate surface area is 236 Å². The molecule has 1 amide bonds. The fourth-order valence-electron chi connectivity index (χ4n) is 4.61. The lowest BCUT2D eigenvalue weighted by Crippen LogP contribution is -2.27. The van der Waals surface area contributed by atoms with Gasteiger partial charge in [0.15, 0.2) is 17.1 Å². The van der Waals surface area contributed by atoms with Crippen molar-refractivity contribution < 1.29 is 27.4 Å². The van der Waals surface area contributed by atoms with E-state index in [0.717, 1.165) is 5.56 Å². The van der Waals surface area contributed by atoms with Crippen LogP contribution in [0, 0.1) is 6.92 Å². The Morgan fingerprint density at radius 3 is 2.12 bits per heavy atom. The third kappa shape index (κ3) is 4.97. The maximum absolute atomic E-state index is 13.8. The van der Waals surface area contributed by atoms with Crippen molar-refractivity contribution in [2.45, 2.75) is 23.3 Å². The monoisotopic (exact) mass is 575 g/mol. The van der Waals surface area contributed by atoms with Gasteiger partial charge in [0.1, 0.15) is 16.2 Å². The molecule has 3 aromatic carbocycles. The zero-order valence-corrected chi connectivity index (χ0v) is 23.8. The summed E-state index contributed by atoms with van der Waals surface area (Å²) < 4.78 is 45.2. The van der Waals surface area contributed by atoms with E-state index in [-0.39, 0.29) is 34.2 Å². The Kier molecular flexibility index (Phi) is 7.41. The molecule has 0 fully saturated rings. The van der Waals surface area contributed by atoms with Crippen molar-refractivity contribution in [1.29, 1.82) is 0 Å². The Bertz CT molecular complexity index is 1860. The van der Waals surface area contributed by atoms with Crippen molar-refractivity contribution in [2.24, 2.45) is 0 Å². The maximum Gasteiger partial charge on any atom is 0.251 e. The molecule has 0 unspecified atom stereocenters. The quantitative estimate of drug-likeness (QED) is 0.268. The Morgan fingerprint density at radius 1 is 0.927 bits per heavy atom. The highest BCUT2D eigenvalue weighted by Crippen LogP contribution is 2.38. The van der Waals surface area contributed by atoms with E-state index < -0.39 is 15.7 Å². The second-order valence-corrected chi connectivity index (χ2v) is 11.1. The third-order valence-electron chi connectivity index (χ3n) is 6.69. The number of benzene rings is 3. The minimum absolute atomic E-state index is 0.0158. The number of nitrogens with zero attached hydrogens (tertiary/aromatic N) is 3. The number of ether oxygens (including phenoxy) is 3. The first-order valence-corrected chi connectivity index (χ1v) is 14.1. The topological polar surface area (TPSA) is 148 Å². The fraction of sp³-hybridized carbons (Fsp3) is 0.207. The van der Waals surface area contributed by atoms with Crippen molar-refractivity contribution in [3.05, 3.63) is 71.8 Å². The molecule has 0 saturated heterocycles. The van der Waals surface area contributed by atoms with E-state index in [4.69, 9.17) is 24.9 Å². The van der Waals surface area contributed by atoms with E-state index in [1.807, 2.05) is 13.0 Å². The summed E-state index contributed by atoms with van der Waals surface area (Å²) in [6.45, 7) is 2.12. The Balaban J connectivity index is 1.52. The molecule has 2 heterocycles. The number of sulfone groups is 1. The van der Waals surface area contributed by atoms with Crippen LogP contribution in [0.4, 0.5) is 5.82 Å². The molecule has 11 nitrogen and oxygen atoms in total. The van der Waals surface area contributed by atoms with E-state index >= 15 is 0 Å². The summed E-state index contributed by atoms with van der Waals surface area (Å²) in [5.74, 6) is 0.629. The lowest BCUT2D eigenvalue weighted by Gasteiger charge is -2.14. The van der Waals surface area contributed by atoms with E-state index in [9.17, 15) is 13.2 Å². The van der Waals surface area contributed by atoms with Crippen LogP contribution in [0.2, 0.25) is 0 Å². The molecule has 0 saturated carbocycles. The normalized spacial score (nSPS) is 11.5. The minimum atomic E-state index is -4.04. The van der Waals surface area contributed by atoms with Gasteiger partial charge in [-0.05, 0) is 43.3 Å². The minimum Gasteiger partial charge on any atom is -0.493 e. The lowest BCUT2D eigenvalue weighted by molar-refractivity contribution is 0.0951. The summed E-state index contributed by atoms with van der Waals surface area (Å²) in [6.07, 6.45) is 0. The average molecular weight is 576 g/mol. The second kappa shape index (κ2) is 11.0. The number of amides is 1. The number of methoxy groups -OCH3 is 3. The molecule has 0 spiro atoms. The van der Waals surface area contributed by atoms with Crippen LogP contribution in [-0.4, -0.2) is 56.7 Å².